The number of urea groups is 1. The second kappa shape index (κ2) is 8.95. The molecule has 1 aromatic heterocycles. The van der Waals surface area contributed by atoms with Crippen molar-refractivity contribution in [3.05, 3.63) is 16.1 Å². The van der Waals surface area contributed by atoms with E-state index in [-0.39, 0.29) is 12.1 Å². The van der Waals surface area contributed by atoms with Crippen LogP contribution in [0.5, 0.6) is 0 Å². The number of hydrogen-bond acceptors (Lipinski definition) is 5. The number of sulfonamides is 1. The number of hydrogen-bond donors (Lipinski definition) is 1. The normalized spacial score (nSPS) is 18.9. The molecule has 0 aliphatic carbocycles. The lowest BCUT2D eigenvalue weighted by molar-refractivity contribution is 0.205. The van der Waals surface area contributed by atoms with Gasteiger partial charge in [0.1, 0.15) is 0 Å². The fourth-order valence-electron chi connectivity index (χ4n) is 3.12. The average molecular weight is 389 g/mol. The van der Waals surface area contributed by atoms with E-state index in [4.69, 9.17) is 0 Å². The number of carbonyl (C=O) groups excluding carboxylic acids is 1. The topological polar surface area (TPSA) is 82.6 Å². The van der Waals surface area contributed by atoms with E-state index in [0.717, 1.165) is 31.4 Å². The van der Waals surface area contributed by atoms with E-state index < -0.39 is 10.0 Å². The van der Waals surface area contributed by atoms with Gasteiger partial charge in [-0.3, -0.25) is 0 Å². The van der Waals surface area contributed by atoms with E-state index in [2.05, 4.69) is 10.3 Å². The molecule has 0 radical (unpaired) electrons. The van der Waals surface area contributed by atoms with Gasteiger partial charge in [-0.05, 0) is 26.2 Å². The SMILES string of the molecule is Cc1ncsc1CCN(C)C(=O)NCCC1CCCCN1S(C)(=O)=O. The summed E-state index contributed by atoms with van der Waals surface area (Å²) in [6, 6.07) is -0.127. The molecule has 0 saturated carbocycles. The summed E-state index contributed by atoms with van der Waals surface area (Å²) in [5, 5.41) is 2.90. The molecule has 1 aliphatic rings. The molecule has 1 atom stereocenters. The Balaban J connectivity index is 1.74. The Kier molecular flexibility index (Phi) is 7.21. The van der Waals surface area contributed by atoms with Crippen LogP contribution in [0.2, 0.25) is 0 Å². The molecular formula is C16H28N4O3S2. The summed E-state index contributed by atoms with van der Waals surface area (Å²) >= 11 is 1.61. The molecule has 2 rings (SSSR count). The molecule has 25 heavy (non-hydrogen) atoms. The van der Waals surface area contributed by atoms with Crippen molar-refractivity contribution in [1.82, 2.24) is 19.5 Å². The van der Waals surface area contributed by atoms with Crippen LogP contribution in [0.4, 0.5) is 4.79 Å². The molecule has 0 bridgehead atoms. The van der Waals surface area contributed by atoms with Crippen LogP contribution in [0.25, 0.3) is 0 Å². The number of aromatic nitrogens is 1. The highest BCUT2D eigenvalue weighted by Crippen LogP contribution is 2.21. The molecule has 1 N–H and O–H groups in total. The molecule has 7 nitrogen and oxygen atoms in total. The summed E-state index contributed by atoms with van der Waals surface area (Å²) in [5.41, 5.74) is 2.85. The third kappa shape index (κ3) is 5.93. The molecule has 1 aliphatic heterocycles. The van der Waals surface area contributed by atoms with Crippen molar-refractivity contribution in [1.29, 1.82) is 0 Å². The van der Waals surface area contributed by atoms with Gasteiger partial charge in [-0.25, -0.2) is 18.2 Å². The first-order valence-electron chi connectivity index (χ1n) is 8.63. The highest BCUT2D eigenvalue weighted by atomic mass is 32.2. The first-order valence-corrected chi connectivity index (χ1v) is 11.4. The lowest BCUT2D eigenvalue weighted by atomic mass is 10.0. The largest absolute Gasteiger partial charge is 0.338 e. The van der Waals surface area contributed by atoms with Gasteiger partial charge in [0.25, 0.3) is 0 Å². The van der Waals surface area contributed by atoms with Gasteiger partial charge in [0.2, 0.25) is 10.0 Å². The lowest BCUT2D eigenvalue weighted by Crippen LogP contribution is -2.45. The summed E-state index contributed by atoms with van der Waals surface area (Å²) in [4.78, 5) is 19.3. The molecular weight excluding hydrogens is 360 g/mol. The van der Waals surface area contributed by atoms with E-state index in [9.17, 15) is 13.2 Å². The van der Waals surface area contributed by atoms with Gasteiger partial charge in [0.15, 0.2) is 0 Å². The van der Waals surface area contributed by atoms with Crippen LogP contribution in [0, 0.1) is 6.92 Å². The van der Waals surface area contributed by atoms with Crippen LogP contribution in [-0.4, -0.2) is 67.6 Å². The Labute approximate surface area is 154 Å². The highest BCUT2D eigenvalue weighted by Gasteiger charge is 2.28. The van der Waals surface area contributed by atoms with Gasteiger partial charge >= 0.3 is 6.03 Å². The van der Waals surface area contributed by atoms with Crippen molar-refractivity contribution in [3.8, 4) is 0 Å². The number of likely N-dealkylation sites (N-methyl/N-ethyl adjacent to an activating group) is 1. The number of piperidine rings is 1. The minimum Gasteiger partial charge on any atom is -0.338 e. The third-order valence-electron chi connectivity index (χ3n) is 4.62. The average Bonchev–Trinajstić information content (AvgIpc) is 2.97. The van der Waals surface area contributed by atoms with Gasteiger partial charge < -0.3 is 10.2 Å². The maximum Gasteiger partial charge on any atom is 0.317 e. The van der Waals surface area contributed by atoms with Crippen LogP contribution >= 0.6 is 11.3 Å². The fraction of sp³-hybridized carbons (Fsp3) is 0.750. The van der Waals surface area contributed by atoms with Crippen LogP contribution in [0.3, 0.4) is 0 Å². The second-order valence-corrected chi connectivity index (χ2v) is 9.45. The third-order valence-corrected chi connectivity index (χ3v) is 6.95. The van der Waals surface area contributed by atoms with Crippen molar-refractivity contribution < 1.29 is 13.2 Å². The van der Waals surface area contributed by atoms with Gasteiger partial charge in [-0.15, -0.1) is 11.3 Å². The number of nitrogens with one attached hydrogen (secondary N) is 1. The molecule has 2 amide bonds. The Morgan fingerprint density at radius 2 is 2.24 bits per heavy atom. The zero-order valence-corrected chi connectivity index (χ0v) is 16.8. The summed E-state index contributed by atoms with van der Waals surface area (Å²) < 4.78 is 25.3. The summed E-state index contributed by atoms with van der Waals surface area (Å²) in [6.07, 6.45) is 5.53. The first kappa shape index (κ1) is 20.1. The molecule has 0 spiro atoms. The van der Waals surface area contributed by atoms with Crippen molar-refractivity contribution in [3.63, 3.8) is 0 Å². The van der Waals surface area contributed by atoms with Gasteiger partial charge in [-0.1, -0.05) is 6.42 Å². The minimum absolute atomic E-state index is 0.00537. The Morgan fingerprint density at radius 1 is 1.48 bits per heavy atom. The summed E-state index contributed by atoms with van der Waals surface area (Å²) in [6.45, 7) is 3.68. The van der Waals surface area contributed by atoms with Gasteiger partial charge in [0, 0.05) is 44.0 Å². The van der Waals surface area contributed by atoms with E-state index >= 15 is 0 Å². The fourth-order valence-corrected chi connectivity index (χ4v) is 5.10. The van der Waals surface area contributed by atoms with Crippen molar-refractivity contribution in [2.45, 2.75) is 45.1 Å². The van der Waals surface area contributed by atoms with E-state index in [1.807, 2.05) is 12.4 Å². The zero-order valence-electron chi connectivity index (χ0n) is 15.2. The molecule has 142 valence electrons. The number of aryl methyl sites for hydroxylation is 1. The zero-order chi connectivity index (χ0) is 18.4. The van der Waals surface area contributed by atoms with Crippen molar-refractivity contribution >= 4 is 27.4 Å². The Morgan fingerprint density at radius 3 is 2.88 bits per heavy atom. The quantitative estimate of drug-likeness (QED) is 0.773. The number of rotatable bonds is 7. The highest BCUT2D eigenvalue weighted by molar-refractivity contribution is 7.88. The molecule has 2 heterocycles. The van der Waals surface area contributed by atoms with Gasteiger partial charge in [0.05, 0.1) is 17.5 Å². The predicted octanol–water partition coefficient (Wildman–Crippen LogP) is 1.84. The second-order valence-electron chi connectivity index (χ2n) is 6.58. The molecule has 1 unspecified atom stereocenters. The van der Waals surface area contributed by atoms with E-state index in [1.165, 1.54) is 11.1 Å². The van der Waals surface area contributed by atoms with E-state index in [0.29, 0.717) is 26.1 Å². The predicted molar refractivity (Wildman–Crippen MR) is 100 cm³/mol. The van der Waals surface area contributed by atoms with Crippen LogP contribution < -0.4 is 5.32 Å². The molecule has 9 heteroatoms. The maximum absolute atomic E-state index is 12.2. The number of amides is 2. The standard InChI is InChI=1S/C16H28N4O3S2/c1-13-15(24-12-18-13)8-11-19(2)16(21)17-9-7-14-6-4-5-10-20(14)25(3,22)23/h12,14H,4-11H2,1-3H3,(H,17,21). The first-order chi connectivity index (χ1) is 11.8. The minimum atomic E-state index is -3.17. The van der Waals surface area contributed by atoms with Crippen LogP contribution in [0.15, 0.2) is 5.51 Å². The molecule has 1 fully saturated rings. The van der Waals surface area contributed by atoms with E-state index in [1.54, 1.807) is 27.6 Å². The Hall–Kier alpha value is -1.19. The van der Waals surface area contributed by atoms with Crippen LogP contribution in [0.1, 0.15) is 36.3 Å². The number of carbonyl (C=O) groups is 1. The van der Waals surface area contributed by atoms with Gasteiger partial charge in [-0.2, -0.15) is 4.31 Å². The smallest absolute Gasteiger partial charge is 0.317 e. The number of thiazole rings is 1. The molecule has 1 aromatic rings. The summed E-state index contributed by atoms with van der Waals surface area (Å²) in [5.74, 6) is 0. The lowest BCUT2D eigenvalue weighted by Gasteiger charge is -2.33. The number of nitrogens with zero attached hydrogens (tertiary/aromatic N) is 3. The molecule has 0 aromatic carbocycles. The monoisotopic (exact) mass is 388 g/mol. The summed E-state index contributed by atoms with van der Waals surface area (Å²) in [7, 11) is -1.40. The Bertz CT molecular complexity index is 675. The van der Waals surface area contributed by atoms with Crippen molar-refractivity contribution in [2.24, 2.45) is 0 Å². The van der Waals surface area contributed by atoms with Crippen LogP contribution in [-0.2, 0) is 16.4 Å². The maximum atomic E-state index is 12.2. The van der Waals surface area contributed by atoms with Crippen molar-refractivity contribution in [2.75, 3.05) is 32.9 Å². The molecule has 1 saturated heterocycles.